The average Bonchev–Trinajstić information content (AvgIpc) is 3.32. The van der Waals surface area contributed by atoms with Gasteiger partial charge in [-0.3, -0.25) is 14.5 Å². The minimum absolute atomic E-state index is 0.0249. The molecule has 0 aliphatic carbocycles. The number of para-hydroxylation sites is 1. The highest BCUT2D eigenvalue weighted by Gasteiger charge is 2.35. The van der Waals surface area contributed by atoms with Gasteiger partial charge in [-0.05, 0) is 62.2 Å². The van der Waals surface area contributed by atoms with Crippen molar-refractivity contribution in [3.8, 4) is 28.8 Å². The lowest BCUT2D eigenvalue weighted by atomic mass is 9.93. The van der Waals surface area contributed by atoms with E-state index >= 15 is 0 Å². The van der Waals surface area contributed by atoms with Crippen LogP contribution >= 0.6 is 11.6 Å². The molecule has 2 heterocycles. The number of rotatable bonds is 8. The van der Waals surface area contributed by atoms with Crippen LogP contribution in [0.25, 0.3) is 23.0 Å². The fourth-order valence-electron chi connectivity index (χ4n) is 4.16. The molecule has 4 rings (SSSR count). The number of carbonyl (C=O) groups excluding carboxylic acids is 2. The Morgan fingerprint density at radius 1 is 1.11 bits per heavy atom. The molecular formula is C29H27ClN4O3. The van der Waals surface area contributed by atoms with Gasteiger partial charge < -0.3 is 4.74 Å². The zero-order valence-corrected chi connectivity index (χ0v) is 21.7. The van der Waals surface area contributed by atoms with E-state index in [4.69, 9.17) is 21.4 Å². The van der Waals surface area contributed by atoms with E-state index in [1.807, 2.05) is 62.5 Å². The second kappa shape index (κ2) is 11.3. The number of aromatic nitrogens is 2. The smallest absolute Gasteiger partial charge is 0.271 e. The largest absolute Gasteiger partial charge is 0.492 e. The van der Waals surface area contributed by atoms with Crippen LogP contribution in [0.5, 0.6) is 5.75 Å². The fourth-order valence-corrected chi connectivity index (χ4v) is 4.39. The number of halogens is 1. The molecule has 0 saturated heterocycles. The number of nitriles is 1. The van der Waals surface area contributed by atoms with Crippen LogP contribution in [-0.4, -0.2) is 39.6 Å². The number of nitrogens with zero attached hydrogens (tertiary/aromatic N) is 4. The number of imide groups is 1. The van der Waals surface area contributed by atoms with Crippen LogP contribution < -0.4 is 4.74 Å². The van der Waals surface area contributed by atoms with Crippen molar-refractivity contribution in [2.75, 3.05) is 13.2 Å². The molecule has 0 saturated carbocycles. The third kappa shape index (κ3) is 5.20. The van der Waals surface area contributed by atoms with Crippen molar-refractivity contribution in [1.82, 2.24) is 14.7 Å². The molecule has 0 spiro atoms. The van der Waals surface area contributed by atoms with E-state index in [1.54, 1.807) is 29.8 Å². The highest BCUT2D eigenvalue weighted by Crippen LogP contribution is 2.34. The van der Waals surface area contributed by atoms with Crippen LogP contribution in [0.1, 0.15) is 39.2 Å². The van der Waals surface area contributed by atoms with E-state index < -0.39 is 11.8 Å². The van der Waals surface area contributed by atoms with Gasteiger partial charge in [-0.15, -0.1) is 0 Å². The molecule has 0 unspecified atom stereocenters. The molecule has 1 aliphatic rings. The summed E-state index contributed by atoms with van der Waals surface area (Å²) in [5.74, 6) is -0.396. The Balaban J connectivity index is 1.89. The topological polar surface area (TPSA) is 88.2 Å². The first-order chi connectivity index (χ1) is 17.9. The highest BCUT2D eigenvalue weighted by atomic mass is 35.5. The van der Waals surface area contributed by atoms with Crippen LogP contribution in [0.3, 0.4) is 0 Å². The zero-order valence-electron chi connectivity index (χ0n) is 21.0. The normalized spacial score (nSPS) is 14.9. The van der Waals surface area contributed by atoms with Gasteiger partial charge >= 0.3 is 0 Å². The van der Waals surface area contributed by atoms with Crippen molar-refractivity contribution in [3.05, 3.63) is 82.0 Å². The van der Waals surface area contributed by atoms with Crippen LogP contribution in [0.15, 0.2) is 71.4 Å². The summed E-state index contributed by atoms with van der Waals surface area (Å²) in [6.07, 6.45) is 4.99. The molecule has 0 radical (unpaired) electrons. The van der Waals surface area contributed by atoms with Crippen LogP contribution in [0.2, 0.25) is 5.02 Å². The average molecular weight is 515 g/mol. The summed E-state index contributed by atoms with van der Waals surface area (Å²) in [7, 11) is 0. The van der Waals surface area contributed by atoms with Gasteiger partial charge in [0.25, 0.3) is 11.8 Å². The van der Waals surface area contributed by atoms with Gasteiger partial charge in [0.05, 0.1) is 17.3 Å². The van der Waals surface area contributed by atoms with Gasteiger partial charge in [0.2, 0.25) is 0 Å². The molecule has 2 amide bonds. The lowest BCUT2D eigenvalue weighted by Gasteiger charge is -2.27. The van der Waals surface area contributed by atoms with Gasteiger partial charge in [-0.1, -0.05) is 43.1 Å². The van der Waals surface area contributed by atoms with Crippen molar-refractivity contribution >= 4 is 29.5 Å². The van der Waals surface area contributed by atoms with Gasteiger partial charge in [0, 0.05) is 29.4 Å². The summed E-state index contributed by atoms with van der Waals surface area (Å²) in [5.41, 5.74) is 3.44. The van der Waals surface area contributed by atoms with Gasteiger partial charge in [0.15, 0.2) is 0 Å². The standard InChI is InChI=1S/C29H27ClN4O3/c1-4-6-14-33-28(35)23(19(3)24(17-31)29(33)36)15-21-18-34(22-10-8-7-9-11-22)32-27(21)20-12-13-26(37-5-2)25(30)16-20/h7-13,15-16,18H,4-6,14H2,1-3H3/b23-15+. The summed E-state index contributed by atoms with van der Waals surface area (Å²) in [5, 5.41) is 14.9. The second-order valence-corrected chi connectivity index (χ2v) is 8.98. The van der Waals surface area contributed by atoms with Crippen molar-refractivity contribution in [3.63, 3.8) is 0 Å². The quantitative estimate of drug-likeness (QED) is 0.272. The SMILES string of the molecule is CCCCN1C(=O)C(C#N)=C(C)/C(=C\c2cn(-c3ccccc3)nc2-c2ccc(OCC)c(Cl)c2)C1=O. The van der Waals surface area contributed by atoms with Crippen molar-refractivity contribution < 1.29 is 14.3 Å². The van der Waals surface area contributed by atoms with E-state index in [2.05, 4.69) is 0 Å². The molecular weight excluding hydrogens is 488 g/mol. The summed E-state index contributed by atoms with van der Waals surface area (Å²) < 4.78 is 7.30. The van der Waals surface area contributed by atoms with Crippen molar-refractivity contribution in [2.24, 2.45) is 0 Å². The lowest BCUT2D eigenvalue weighted by Crippen LogP contribution is -2.43. The summed E-state index contributed by atoms with van der Waals surface area (Å²) >= 11 is 6.48. The number of ether oxygens (including phenoxy) is 1. The molecule has 1 aliphatic heterocycles. The third-order valence-corrected chi connectivity index (χ3v) is 6.42. The number of unbranched alkanes of at least 4 members (excludes halogenated alkanes) is 1. The molecule has 1 aromatic heterocycles. The van der Waals surface area contributed by atoms with E-state index in [0.29, 0.717) is 40.6 Å². The van der Waals surface area contributed by atoms with Gasteiger partial charge in [0.1, 0.15) is 23.1 Å². The second-order valence-electron chi connectivity index (χ2n) is 8.58. The number of amides is 2. The number of carbonyl (C=O) groups is 2. The first-order valence-electron chi connectivity index (χ1n) is 12.2. The van der Waals surface area contributed by atoms with Gasteiger partial charge in [-0.2, -0.15) is 10.4 Å². The molecule has 188 valence electrons. The first kappa shape index (κ1) is 25.9. The molecule has 8 heteroatoms. The van der Waals surface area contributed by atoms with E-state index in [1.165, 1.54) is 0 Å². The summed E-state index contributed by atoms with van der Waals surface area (Å²) in [6, 6.07) is 17.0. The maximum Gasteiger partial charge on any atom is 0.271 e. The number of benzene rings is 2. The minimum Gasteiger partial charge on any atom is -0.492 e. The molecule has 0 atom stereocenters. The lowest BCUT2D eigenvalue weighted by molar-refractivity contribution is -0.140. The molecule has 3 aromatic rings. The van der Waals surface area contributed by atoms with Crippen molar-refractivity contribution in [1.29, 1.82) is 5.26 Å². The predicted octanol–water partition coefficient (Wildman–Crippen LogP) is 5.98. The Hall–Kier alpha value is -4.15. The Bertz CT molecular complexity index is 1450. The molecule has 37 heavy (non-hydrogen) atoms. The highest BCUT2D eigenvalue weighted by molar-refractivity contribution is 6.32. The monoisotopic (exact) mass is 514 g/mol. The van der Waals surface area contributed by atoms with E-state index in [9.17, 15) is 14.9 Å². The Kier molecular flexibility index (Phi) is 7.90. The third-order valence-electron chi connectivity index (χ3n) is 6.13. The zero-order chi connectivity index (χ0) is 26.5. The Morgan fingerprint density at radius 3 is 2.51 bits per heavy atom. The summed E-state index contributed by atoms with van der Waals surface area (Å²) in [4.78, 5) is 27.4. The van der Waals surface area contributed by atoms with Crippen molar-refractivity contribution in [2.45, 2.75) is 33.6 Å². The summed E-state index contributed by atoms with van der Waals surface area (Å²) in [6.45, 7) is 6.24. The maximum absolute atomic E-state index is 13.4. The van der Waals surface area contributed by atoms with E-state index in [-0.39, 0.29) is 17.7 Å². The Labute approximate surface area is 221 Å². The molecule has 0 N–H and O–H groups in total. The number of hydrogen-bond acceptors (Lipinski definition) is 5. The fraction of sp³-hybridized carbons (Fsp3) is 0.241. The van der Waals surface area contributed by atoms with Crippen LogP contribution in [-0.2, 0) is 9.59 Å². The molecule has 0 bridgehead atoms. The minimum atomic E-state index is -0.547. The number of hydrogen-bond donors (Lipinski definition) is 0. The van der Waals surface area contributed by atoms with Gasteiger partial charge in [-0.25, -0.2) is 4.68 Å². The maximum atomic E-state index is 13.4. The first-order valence-corrected chi connectivity index (χ1v) is 12.5. The molecule has 2 aromatic carbocycles. The Morgan fingerprint density at radius 2 is 1.86 bits per heavy atom. The molecule has 0 fully saturated rings. The van der Waals surface area contributed by atoms with Crippen LogP contribution in [0, 0.1) is 11.3 Å². The van der Waals surface area contributed by atoms with Crippen LogP contribution in [0.4, 0.5) is 0 Å². The molecule has 7 nitrogen and oxygen atoms in total. The predicted molar refractivity (Wildman–Crippen MR) is 143 cm³/mol. The van der Waals surface area contributed by atoms with E-state index in [0.717, 1.165) is 22.6 Å².